The number of hydrogen-bond acceptors (Lipinski definition) is 6. The second-order valence-corrected chi connectivity index (χ2v) is 12.4. The highest BCUT2D eigenvalue weighted by Crippen LogP contribution is 2.36. The number of carbonyl (C=O) groups is 1. The maximum Gasteiger partial charge on any atom is 0.308 e. The minimum atomic E-state index is -2.94. The number of esters is 1. The molecule has 0 saturated heterocycles. The first-order chi connectivity index (χ1) is 16.8. The highest BCUT2D eigenvalue weighted by molar-refractivity contribution is 7.90. The number of rotatable bonds is 5. The van der Waals surface area contributed by atoms with Crippen LogP contribution in [0, 0.1) is 5.92 Å². The van der Waals surface area contributed by atoms with Crippen molar-refractivity contribution in [3.63, 3.8) is 0 Å². The molecule has 0 aliphatic heterocycles. The summed E-state index contributed by atoms with van der Waals surface area (Å²) in [4.78, 5) is 15.9. The summed E-state index contributed by atoms with van der Waals surface area (Å²) in [5, 5.41) is 4.31. The molecule has 36 heavy (non-hydrogen) atoms. The molecule has 4 rings (SSSR count). The Morgan fingerprint density at radius 2 is 1.36 bits per heavy atom. The summed E-state index contributed by atoms with van der Waals surface area (Å²) in [6, 6.07) is 16.7. The zero-order valence-corrected chi connectivity index (χ0v) is 23.5. The van der Waals surface area contributed by atoms with Crippen molar-refractivity contribution < 1.29 is 22.8 Å². The molecular weight excluding hydrogens is 476 g/mol. The van der Waals surface area contributed by atoms with Gasteiger partial charge in [0.05, 0.1) is 18.3 Å². The van der Waals surface area contributed by atoms with Crippen LogP contribution in [0.3, 0.4) is 0 Å². The average Bonchev–Trinajstić information content (AvgIpc) is 3.61. The Kier molecular flexibility index (Phi) is 10.3. The Bertz CT molecular complexity index is 1110. The molecule has 1 fully saturated rings. The lowest BCUT2D eigenvalue weighted by Crippen LogP contribution is -2.32. The van der Waals surface area contributed by atoms with Gasteiger partial charge in [0.25, 0.3) is 0 Å². The monoisotopic (exact) mass is 516 g/mol. The molecule has 2 aliphatic carbocycles. The fourth-order valence-corrected chi connectivity index (χ4v) is 4.92. The zero-order valence-electron chi connectivity index (χ0n) is 22.7. The number of ether oxygens (including phenoxy) is 1. The van der Waals surface area contributed by atoms with Gasteiger partial charge in [-0.3, -0.25) is 4.79 Å². The van der Waals surface area contributed by atoms with Gasteiger partial charge in [-0.05, 0) is 58.6 Å². The van der Waals surface area contributed by atoms with Crippen molar-refractivity contribution in [2.45, 2.75) is 78.2 Å². The van der Waals surface area contributed by atoms with Gasteiger partial charge in [-0.15, -0.1) is 0 Å². The summed E-state index contributed by atoms with van der Waals surface area (Å²) >= 11 is 0. The molecular formula is C28H40N2O5S. The molecule has 198 valence electrons. The molecule has 0 bridgehead atoms. The molecule has 1 saturated carbocycles. The van der Waals surface area contributed by atoms with Gasteiger partial charge in [-0.2, -0.15) is 0 Å². The number of carbonyl (C=O) groups excluding carboxylic acids is 1. The first-order valence-electron chi connectivity index (χ1n) is 12.3. The van der Waals surface area contributed by atoms with E-state index in [-0.39, 0.29) is 28.8 Å². The normalized spacial score (nSPS) is 14.1. The molecule has 2 aromatic carbocycles. The molecule has 2 aliphatic rings. The summed E-state index contributed by atoms with van der Waals surface area (Å²) in [6.45, 7) is 13.3. The van der Waals surface area contributed by atoms with Crippen LogP contribution in [0.25, 0.3) is 11.1 Å². The lowest BCUT2D eigenvalue weighted by Gasteiger charge is -2.16. The minimum absolute atomic E-state index is 0.00463. The first-order valence-corrected chi connectivity index (χ1v) is 13.9. The predicted octanol–water partition coefficient (Wildman–Crippen LogP) is 5.53. The number of fused-ring (bicyclic) bond motifs is 3. The number of nitrogens with one attached hydrogen (secondary N) is 1. The molecule has 0 heterocycles. The van der Waals surface area contributed by atoms with Crippen LogP contribution >= 0.6 is 0 Å². The minimum Gasteiger partial charge on any atom is -0.469 e. The van der Waals surface area contributed by atoms with Crippen LogP contribution in [0.15, 0.2) is 53.7 Å². The van der Waals surface area contributed by atoms with E-state index in [0.717, 1.165) is 29.7 Å². The third kappa shape index (κ3) is 8.75. The van der Waals surface area contributed by atoms with E-state index in [1.807, 2.05) is 46.8 Å². The van der Waals surface area contributed by atoms with Gasteiger partial charge in [-0.1, -0.05) is 67.5 Å². The summed E-state index contributed by atoms with van der Waals surface area (Å²) in [5.74, 6) is -0.148. The zero-order chi connectivity index (χ0) is 27.1. The number of benzene rings is 2. The van der Waals surface area contributed by atoms with Gasteiger partial charge in [0, 0.05) is 17.2 Å². The molecule has 0 radical (unpaired) electrons. The molecule has 0 aromatic heterocycles. The Labute approximate surface area is 216 Å². The van der Waals surface area contributed by atoms with E-state index in [2.05, 4.69) is 51.0 Å². The van der Waals surface area contributed by atoms with Gasteiger partial charge >= 0.3 is 5.97 Å². The largest absolute Gasteiger partial charge is 0.469 e. The van der Waals surface area contributed by atoms with Crippen LogP contribution in [-0.4, -0.2) is 44.1 Å². The van der Waals surface area contributed by atoms with Crippen molar-refractivity contribution in [1.29, 1.82) is 0 Å². The van der Waals surface area contributed by atoms with Crippen LogP contribution in [0.1, 0.15) is 72.4 Å². The van der Waals surface area contributed by atoms with Gasteiger partial charge < -0.3 is 9.57 Å². The standard InChI is InChI=1S/C17H17NO.C6H13NO2S.C5H10O2/c1-17(2,3)19-18-16-14-10-6-4-8-12(14)13-9-5-7-11-15(13)16;1-5(2)7-10(8,9)6-3-4-6;1-4(2)5(6)7-3/h4-11H,1-3H3;5-7H,3-4H2,1-2H3;4H,1-3H3. The average molecular weight is 517 g/mol. The lowest BCUT2D eigenvalue weighted by atomic mass is 10.1. The second kappa shape index (κ2) is 12.5. The van der Waals surface area contributed by atoms with Crippen LogP contribution in [0.5, 0.6) is 0 Å². The smallest absolute Gasteiger partial charge is 0.308 e. The molecule has 1 N–H and O–H groups in total. The molecule has 0 unspecified atom stereocenters. The SMILES string of the molecule is CC(C)(C)ON=C1c2ccccc2-c2ccccc21.CC(C)NS(=O)(=O)C1CC1.COC(=O)C(C)C. The molecule has 7 nitrogen and oxygen atoms in total. The van der Waals surface area contributed by atoms with Crippen LogP contribution in [0.2, 0.25) is 0 Å². The second-order valence-electron chi connectivity index (χ2n) is 10.4. The summed E-state index contributed by atoms with van der Waals surface area (Å²) in [7, 11) is -1.55. The van der Waals surface area contributed by atoms with Crippen LogP contribution in [-0.2, 0) is 24.4 Å². The highest BCUT2D eigenvalue weighted by atomic mass is 32.2. The highest BCUT2D eigenvalue weighted by Gasteiger charge is 2.35. The van der Waals surface area contributed by atoms with Crippen molar-refractivity contribution in [2.75, 3.05) is 7.11 Å². The van der Waals surface area contributed by atoms with Crippen molar-refractivity contribution in [1.82, 2.24) is 4.72 Å². The van der Waals surface area contributed by atoms with E-state index in [0.29, 0.717) is 0 Å². The van der Waals surface area contributed by atoms with Crippen molar-refractivity contribution in [3.05, 3.63) is 59.7 Å². The third-order valence-electron chi connectivity index (χ3n) is 5.10. The maximum atomic E-state index is 11.1. The van der Waals surface area contributed by atoms with Gasteiger partial charge in [-0.25, -0.2) is 13.1 Å². The van der Waals surface area contributed by atoms with E-state index >= 15 is 0 Å². The van der Waals surface area contributed by atoms with E-state index in [1.165, 1.54) is 18.2 Å². The fourth-order valence-electron chi connectivity index (χ4n) is 3.31. The lowest BCUT2D eigenvalue weighted by molar-refractivity contribution is -0.144. The number of sulfonamides is 1. The number of nitrogens with zero attached hydrogens (tertiary/aromatic N) is 1. The van der Waals surface area contributed by atoms with E-state index in [9.17, 15) is 13.2 Å². The molecule has 0 atom stereocenters. The summed E-state index contributed by atoms with van der Waals surface area (Å²) < 4.78 is 29.1. The molecule has 2 aromatic rings. The van der Waals surface area contributed by atoms with Gasteiger partial charge in [0.15, 0.2) is 0 Å². The molecule has 0 spiro atoms. The Balaban J connectivity index is 0.000000225. The maximum absolute atomic E-state index is 11.1. The third-order valence-corrected chi connectivity index (χ3v) is 7.25. The van der Waals surface area contributed by atoms with Gasteiger partial charge in [0.1, 0.15) is 11.3 Å². The number of methoxy groups -OCH3 is 1. The Hall–Kier alpha value is -2.71. The van der Waals surface area contributed by atoms with E-state index in [4.69, 9.17) is 4.84 Å². The van der Waals surface area contributed by atoms with E-state index in [1.54, 1.807) is 13.8 Å². The van der Waals surface area contributed by atoms with E-state index < -0.39 is 10.0 Å². The quantitative estimate of drug-likeness (QED) is 0.356. The number of hydrogen-bond donors (Lipinski definition) is 1. The van der Waals surface area contributed by atoms with Crippen molar-refractivity contribution in [2.24, 2.45) is 11.1 Å². The topological polar surface area (TPSA) is 94.1 Å². The van der Waals surface area contributed by atoms with Crippen LogP contribution in [0.4, 0.5) is 0 Å². The fraction of sp³-hybridized carbons (Fsp3) is 0.500. The van der Waals surface area contributed by atoms with Crippen LogP contribution < -0.4 is 4.72 Å². The summed E-state index contributed by atoms with van der Waals surface area (Å²) in [6.07, 6.45) is 1.67. The predicted molar refractivity (Wildman–Crippen MR) is 145 cm³/mol. The van der Waals surface area contributed by atoms with Gasteiger partial charge in [0.2, 0.25) is 10.0 Å². The number of oxime groups is 1. The molecule has 8 heteroatoms. The molecule has 0 amide bonds. The Morgan fingerprint density at radius 1 is 0.917 bits per heavy atom. The Morgan fingerprint density at radius 3 is 1.67 bits per heavy atom. The van der Waals surface area contributed by atoms with Crippen molar-refractivity contribution >= 4 is 21.7 Å². The summed E-state index contributed by atoms with van der Waals surface area (Å²) in [5.41, 5.74) is 5.41. The first kappa shape index (κ1) is 29.5. The van der Waals surface area contributed by atoms with Crippen molar-refractivity contribution in [3.8, 4) is 11.1 Å².